The minimum absolute atomic E-state index is 0.112. The normalized spacial score (nSPS) is 14.9. The third kappa shape index (κ3) is 4.24. The highest BCUT2D eigenvalue weighted by atomic mass is 35.5. The molecule has 2 aromatic carbocycles. The standard InChI is InChI=1S/C22H18ClN5O3/c1-15-24-14-20(28(30)31)26(15)11-12-27-21(17-5-3-2-4-6-17)25-19(22(27)29)13-16-7-9-18(23)10-8-16/h2-10,13-14H,11-12H2,1H3/b19-13-. The molecule has 0 saturated heterocycles. The lowest BCUT2D eigenvalue weighted by Crippen LogP contribution is -2.35. The number of aryl methyl sites for hydroxylation is 1. The van der Waals surface area contributed by atoms with Crippen molar-refractivity contribution in [3.63, 3.8) is 0 Å². The van der Waals surface area contributed by atoms with Gasteiger partial charge in [-0.05, 0) is 28.7 Å². The van der Waals surface area contributed by atoms with E-state index in [0.717, 1.165) is 11.1 Å². The Balaban J connectivity index is 1.66. The summed E-state index contributed by atoms with van der Waals surface area (Å²) in [6, 6.07) is 16.5. The summed E-state index contributed by atoms with van der Waals surface area (Å²) >= 11 is 5.94. The fourth-order valence-electron chi connectivity index (χ4n) is 3.36. The van der Waals surface area contributed by atoms with E-state index in [2.05, 4.69) is 9.98 Å². The van der Waals surface area contributed by atoms with E-state index in [1.54, 1.807) is 42.2 Å². The molecular weight excluding hydrogens is 418 g/mol. The van der Waals surface area contributed by atoms with Crippen LogP contribution in [-0.4, -0.2) is 37.7 Å². The lowest BCUT2D eigenvalue weighted by Gasteiger charge is -2.18. The Morgan fingerprint density at radius 1 is 1.10 bits per heavy atom. The number of halogens is 1. The lowest BCUT2D eigenvalue weighted by atomic mass is 10.2. The third-order valence-corrected chi connectivity index (χ3v) is 5.17. The molecule has 0 N–H and O–H groups in total. The molecule has 0 bridgehead atoms. The first kappa shape index (κ1) is 20.5. The van der Waals surface area contributed by atoms with Crippen LogP contribution in [0.2, 0.25) is 5.02 Å². The van der Waals surface area contributed by atoms with Crippen molar-refractivity contribution < 1.29 is 9.72 Å². The Kier molecular flexibility index (Phi) is 5.64. The number of amidine groups is 1. The zero-order valence-corrected chi connectivity index (χ0v) is 17.4. The van der Waals surface area contributed by atoms with Crippen molar-refractivity contribution in [3.05, 3.63) is 98.6 Å². The number of hydrogen-bond donors (Lipinski definition) is 0. The number of imidazole rings is 1. The fraction of sp³-hybridized carbons (Fsp3) is 0.136. The van der Waals surface area contributed by atoms with Gasteiger partial charge < -0.3 is 10.1 Å². The van der Waals surface area contributed by atoms with Crippen LogP contribution in [0.3, 0.4) is 0 Å². The molecule has 31 heavy (non-hydrogen) atoms. The number of nitro groups is 1. The fourth-order valence-corrected chi connectivity index (χ4v) is 3.49. The van der Waals surface area contributed by atoms with Crippen LogP contribution >= 0.6 is 11.6 Å². The summed E-state index contributed by atoms with van der Waals surface area (Å²) in [5, 5.41) is 11.9. The molecule has 4 rings (SSSR count). The van der Waals surface area contributed by atoms with Crippen LogP contribution in [0.1, 0.15) is 17.0 Å². The average Bonchev–Trinajstić information content (AvgIpc) is 3.29. The van der Waals surface area contributed by atoms with Crippen LogP contribution in [0, 0.1) is 17.0 Å². The molecule has 9 heteroatoms. The van der Waals surface area contributed by atoms with Crippen molar-refractivity contribution in [2.24, 2.45) is 4.99 Å². The highest BCUT2D eigenvalue weighted by molar-refractivity contribution is 6.30. The lowest BCUT2D eigenvalue weighted by molar-refractivity contribution is -0.392. The summed E-state index contributed by atoms with van der Waals surface area (Å²) in [5.74, 6) is 0.633. The molecule has 0 unspecified atom stereocenters. The Morgan fingerprint density at radius 3 is 2.48 bits per heavy atom. The van der Waals surface area contributed by atoms with Crippen molar-refractivity contribution in [3.8, 4) is 0 Å². The molecule has 156 valence electrons. The minimum atomic E-state index is -0.482. The van der Waals surface area contributed by atoms with Gasteiger partial charge in [0.25, 0.3) is 5.91 Å². The maximum Gasteiger partial charge on any atom is 0.342 e. The summed E-state index contributed by atoms with van der Waals surface area (Å²) < 4.78 is 1.48. The van der Waals surface area contributed by atoms with Crippen molar-refractivity contribution in [1.82, 2.24) is 14.5 Å². The van der Waals surface area contributed by atoms with E-state index in [1.165, 1.54) is 10.8 Å². The highest BCUT2D eigenvalue weighted by Crippen LogP contribution is 2.23. The second kappa shape index (κ2) is 8.53. The van der Waals surface area contributed by atoms with Crippen LogP contribution in [0.5, 0.6) is 0 Å². The average molecular weight is 436 g/mol. The van der Waals surface area contributed by atoms with Gasteiger partial charge in [-0.3, -0.25) is 9.69 Å². The smallest absolute Gasteiger partial charge is 0.342 e. The van der Waals surface area contributed by atoms with Crippen molar-refractivity contribution >= 4 is 35.2 Å². The molecule has 1 amide bonds. The summed E-state index contributed by atoms with van der Waals surface area (Å²) in [4.78, 5) is 34.1. The maximum absolute atomic E-state index is 13.2. The van der Waals surface area contributed by atoms with Gasteiger partial charge in [0, 0.05) is 17.5 Å². The number of hydrogen-bond acceptors (Lipinski definition) is 5. The van der Waals surface area contributed by atoms with E-state index in [9.17, 15) is 14.9 Å². The van der Waals surface area contributed by atoms with Gasteiger partial charge in [-0.25, -0.2) is 14.5 Å². The molecule has 0 fully saturated rings. The Morgan fingerprint density at radius 2 is 1.81 bits per heavy atom. The van der Waals surface area contributed by atoms with E-state index in [4.69, 9.17) is 11.6 Å². The predicted octanol–water partition coefficient (Wildman–Crippen LogP) is 4.08. The second-order valence-corrected chi connectivity index (χ2v) is 7.35. The van der Waals surface area contributed by atoms with E-state index < -0.39 is 4.92 Å². The Labute approximate surface area is 183 Å². The third-order valence-electron chi connectivity index (χ3n) is 4.92. The number of carbonyl (C=O) groups excluding carboxylic acids is 1. The zero-order chi connectivity index (χ0) is 22.0. The summed E-state index contributed by atoms with van der Waals surface area (Å²) in [6.45, 7) is 2.12. The zero-order valence-electron chi connectivity index (χ0n) is 16.6. The molecule has 8 nitrogen and oxygen atoms in total. The Bertz CT molecular complexity index is 1200. The van der Waals surface area contributed by atoms with E-state index in [0.29, 0.717) is 16.7 Å². The van der Waals surface area contributed by atoms with E-state index in [1.807, 2.05) is 30.3 Å². The van der Waals surface area contributed by atoms with E-state index in [-0.39, 0.29) is 30.5 Å². The summed E-state index contributed by atoms with van der Waals surface area (Å²) in [5.41, 5.74) is 1.87. The molecule has 0 aliphatic carbocycles. The monoisotopic (exact) mass is 435 g/mol. The molecule has 0 atom stereocenters. The van der Waals surface area contributed by atoms with Crippen molar-refractivity contribution in [2.75, 3.05) is 6.54 Å². The largest absolute Gasteiger partial charge is 0.358 e. The van der Waals surface area contributed by atoms with E-state index >= 15 is 0 Å². The van der Waals surface area contributed by atoms with Gasteiger partial charge in [-0.2, -0.15) is 0 Å². The SMILES string of the molecule is Cc1ncc([N+](=O)[O-])n1CCN1C(=O)/C(=C/c2ccc(Cl)cc2)N=C1c1ccccc1. The predicted molar refractivity (Wildman–Crippen MR) is 118 cm³/mol. The summed E-state index contributed by atoms with van der Waals surface area (Å²) in [6.07, 6.45) is 2.92. The van der Waals surface area contributed by atoms with Crippen LogP contribution < -0.4 is 0 Å². The maximum atomic E-state index is 13.2. The summed E-state index contributed by atoms with van der Waals surface area (Å²) in [7, 11) is 0. The van der Waals surface area contributed by atoms with Gasteiger partial charge in [-0.15, -0.1) is 0 Å². The number of benzene rings is 2. The molecule has 0 spiro atoms. The van der Waals surface area contributed by atoms with Gasteiger partial charge in [0.1, 0.15) is 24.3 Å². The van der Waals surface area contributed by atoms with Crippen LogP contribution in [0.4, 0.5) is 5.82 Å². The first-order valence-corrected chi connectivity index (χ1v) is 9.91. The molecule has 2 heterocycles. The van der Waals surface area contributed by atoms with Crippen molar-refractivity contribution in [2.45, 2.75) is 13.5 Å². The molecule has 1 aliphatic heterocycles. The molecule has 0 radical (unpaired) electrons. The number of amides is 1. The van der Waals surface area contributed by atoms with Crippen LogP contribution in [-0.2, 0) is 11.3 Å². The van der Waals surface area contributed by atoms with Gasteiger partial charge >= 0.3 is 5.82 Å². The molecule has 1 aliphatic rings. The van der Waals surface area contributed by atoms with Gasteiger partial charge in [0.2, 0.25) is 0 Å². The Hall–Kier alpha value is -3.78. The molecule has 3 aromatic rings. The topological polar surface area (TPSA) is 93.6 Å². The molecule has 1 aromatic heterocycles. The number of carbonyl (C=O) groups is 1. The quantitative estimate of drug-likeness (QED) is 0.331. The molecule has 0 saturated carbocycles. The van der Waals surface area contributed by atoms with Gasteiger partial charge in [-0.1, -0.05) is 54.1 Å². The van der Waals surface area contributed by atoms with Crippen molar-refractivity contribution in [1.29, 1.82) is 0 Å². The highest BCUT2D eigenvalue weighted by Gasteiger charge is 2.32. The number of rotatable bonds is 6. The number of nitrogens with zero attached hydrogens (tertiary/aromatic N) is 5. The number of aliphatic imine (C=N–C) groups is 1. The van der Waals surface area contributed by atoms with Crippen LogP contribution in [0.15, 0.2) is 71.5 Å². The van der Waals surface area contributed by atoms with Gasteiger partial charge in [0.05, 0.1) is 6.54 Å². The van der Waals surface area contributed by atoms with Gasteiger partial charge in [0.15, 0.2) is 5.82 Å². The number of aromatic nitrogens is 2. The second-order valence-electron chi connectivity index (χ2n) is 6.91. The minimum Gasteiger partial charge on any atom is -0.358 e. The first-order chi connectivity index (χ1) is 14.9. The molecular formula is C22H18ClN5O3. The van der Waals surface area contributed by atoms with Crippen LogP contribution in [0.25, 0.3) is 6.08 Å². The first-order valence-electron chi connectivity index (χ1n) is 9.54.